The van der Waals surface area contributed by atoms with E-state index in [1.54, 1.807) is 30.6 Å². The Balaban J connectivity index is 1.56. The molecular weight excluding hydrogens is 413 g/mol. The van der Waals surface area contributed by atoms with E-state index in [2.05, 4.69) is 20.4 Å². The zero-order valence-electron chi connectivity index (χ0n) is 17.6. The highest BCUT2D eigenvalue weighted by Gasteiger charge is 2.22. The number of carbonyl (C=O) groups is 1. The first-order valence-electron chi connectivity index (χ1n) is 10.1. The van der Waals surface area contributed by atoms with E-state index in [0.717, 1.165) is 5.56 Å². The maximum Gasteiger partial charge on any atom is 0.272 e. The van der Waals surface area contributed by atoms with Gasteiger partial charge in [-0.2, -0.15) is 0 Å². The lowest BCUT2D eigenvalue weighted by molar-refractivity contribution is -0.124. The number of nitrogens with zero attached hydrogens (tertiary/aromatic N) is 3. The summed E-state index contributed by atoms with van der Waals surface area (Å²) < 4.78 is 20.3. The van der Waals surface area contributed by atoms with Crippen LogP contribution in [0, 0.1) is 11.7 Å². The quantitative estimate of drug-likeness (QED) is 0.465. The van der Waals surface area contributed by atoms with Crippen LogP contribution in [0.15, 0.2) is 65.7 Å². The number of halogens is 1. The highest BCUT2D eigenvalue weighted by molar-refractivity contribution is 5.78. The van der Waals surface area contributed by atoms with Crippen molar-refractivity contribution in [3.05, 3.63) is 82.8 Å². The molecule has 4 rings (SSSR count). The molecule has 1 unspecified atom stereocenters. The Morgan fingerprint density at radius 3 is 2.75 bits per heavy atom. The number of ether oxygens (including phenoxy) is 1. The molecule has 8 nitrogen and oxygen atoms in total. The summed E-state index contributed by atoms with van der Waals surface area (Å²) in [6.07, 6.45) is 3.35. The number of rotatable bonds is 7. The zero-order chi connectivity index (χ0) is 22.7. The Morgan fingerprint density at radius 1 is 1.22 bits per heavy atom. The van der Waals surface area contributed by atoms with Crippen LogP contribution in [0.2, 0.25) is 0 Å². The van der Waals surface area contributed by atoms with Gasteiger partial charge in [0.1, 0.15) is 0 Å². The summed E-state index contributed by atoms with van der Waals surface area (Å²) in [5.41, 5.74) is 2.07. The van der Waals surface area contributed by atoms with E-state index >= 15 is 0 Å². The molecule has 4 aromatic rings. The van der Waals surface area contributed by atoms with Crippen molar-refractivity contribution in [3.63, 3.8) is 0 Å². The number of nitrogens with one attached hydrogen (secondary N) is 2. The van der Waals surface area contributed by atoms with Crippen LogP contribution in [-0.2, 0) is 4.79 Å². The van der Waals surface area contributed by atoms with Crippen molar-refractivity contribution < 1.29 is 13.9 Å². The maximum absolute atomic E-state index is 13.7. The van der Waals surface area contributed by atoms with Gasteiger partial charge in [-0.15, -0.1) is 0 Å². The van der Waals surface area contributed by atoms with Gasteiger partial charge in [0.2, 0.25) is 0 Å². The normalized spacial score (nSPS) is 12.1. The van der Waals surface area contributed by atoms with Gasteiger partial charge in [-0.25, -0.2) is 13.9 Å². The lowest BCUT2D eigenvalue weighted by Crippen LogP contribution is -2.36. The minimum atomic E-state index is -0.544. The van der Waals surface area contributed by atoms with Crippen molar-refractivity contribution in [3.8, 4) is 17.0 Å². The minimum Gasteiger partial charge on any atom is -0.481 e. The van der Waals surface area contributed by atoms with Gasteiger partial charge in [0, 0.05) is 30.1 Å². The molecule has 0 saturated carbocycles. The summed E-state index contributed by atoms with van der Waals surface area (Å²) in [5.74, 6) is -1.05. The first-order chi connectivity index (χ1) is 15.4. The molecule has 1 amide bonds. The average molecular weight is 435 g/mol. The minimum absolute atomic E-state index is 0.00297. The Bertz CT molecular complexity index is 1300. The summed E-state index contributed by atoms with van der Waals surface area (Å²) in [6, 6.07) is 12.2. The van der Waals surface area contributed by atoms with Crippen molar-refractivity contribution in [1.82, 2.24) is 24.9 Å². The fraction of sp³-hybridized carbons (Fsp3) is 0.217. The molecule has 0 fully saturated rings. The molecule has 3 aromatic heterocycles. The van der Waals surface area contributed by atoms with Crippen LogP contribution in [0.5, 0.6) is 5.75 Å². The standard InChI is InChI=1S/C23H22FN5O3/c1-14(2)23(27-21(30)13-32-19-8-4-3-7-16(19)24)18-11-22(31)29-20(26-18)10-17(28-29)15-6-5-9-25-12-15/h3-12,14,23,28H,13H2,1-2H3,(H,27,30). The van der Waals surface area contributed by atoms with Crippen LogP contribution < -0.4 is 15.6 Å². The van der Waals surface area contributed by atoms with Crippen molar-refractivity contribution in [1.29, 1.82) is 0 Å². The van der Waals surface area contributed by atoms with Crippen molar-refractivity contribution >= 4 is 11.6 Å². The molecule has 9 heteroatoms. The third kappa shape index (κ3) is 4.51. The van der Waals surface area contributed by atoms with E-state index in [9.17, 15) is 14.0 Å². The monoisotopic (exact) mass is 435 g/mol. The summed E-state index contributed by atoms with van der Waals surface area (Å²) >= 11 is 0. The number of benzene rings is 1. The predicted octanol–water partition coefficient (Wildman–Crippen LogP) is 3.12. The van der Waals surface area contributed by atoms with E-state index in [0.29, 0.717) is 17.0 Å². The van der Waals surface area contributed by atoms with Crippen LogP contribution in [0.25, 0.3) is 16.9 Å². The summed E-state index contributed by atoms with van der Waals surface area (Å²) in [4.78, 5) is 33.8. The molecule has 0 saturated heterocycles. The highest BCUT2D eigenvalue weighted by Crippen LogP contribution is 2.22. The van der Waals surface area contributed by atoms with E-state index in [1.807, 2.05) is 19.9 Å². The van der Waals surface area contributed by atoms with Crippen molar-refractivity contribution in [2.24, 2.45) is 5.92 Å². The number of hydrogen-bond donors (Lipinski definition) is 2. The van der Waals surface area contributed by atoms with Crippen LogP contribution in [0.4, 0.5) is 4.39 Å². The summed E-state index contributed by atoms with van der Waals surface area (Å²) in [6.45, 7) is 3.45. The number of para-hydroxylation sites is 1. The number of hydrogen-bond acceptors (Lipinski definition) is 5. The van der Waals surface area contributed by atoms with Crippen LogP contribution in [0.1, 0.15) is 25.6 Å². The SMILES string of the molecule is CC(C)C(NC(=O)COc1ccccc1F)c1cc(=O)n2[nH]c(-c3cccnc3)cc2n1. The maximum atomic E-state index is 13.7. The Kier molecular flexibility index (Phi) is 5.98. The number of aromatic nitrogens is 4. The smallest absolute Gasteiger partial charge is 0.272 e. The topological polar surface area (TPSA) is 101 Å². The van der Waals surface area contributed by atoms with Gasteiger partial charge < -0.3 is 10.1 Å². The number of carbonyl (C=O) groups excluding carboxylic acids is 1. The first-order valence-corrected chi connectivity index (χ1v) is 10.1. The van der Waals surface area contributed by atoms with Crippen molar-refractivity contribution in [2.45, 2.75) is 19.9 Å². The fourth-order valence-electron chi connectivity index (χ4n) is 3.34. The molecule has 0 aliphatic heterocycles. The van der Waals surface area contributed by atoms with Gasteiger partial charge in [-0.1, -0.05) is 26.0 Å². The number of pyridine rings is 1. The molecule has 3 heterocycles. The zero-order valence-corrected chi connectivity index (χ0v) is 17.6. The molecule has 0 aliphatic carbocycles. The van der Waals surface area contributed by atoms with Crippen LogP contribution >= 0.6 is 0 Å². The third-order valence-corrected chi connectivity index (χ3v) is 4.94. The lowest BCUT2D eigenvalue weighted by atomic mass is 10.0. The fourth-order valence-corrected chi connectivity index (χ4v) is 3.34. The molecule has 0 spiro atoms. The van der Waals surface area contributed by atoms with E-state index in [-0.39, 0.29) is 23.8 Å². The largest absolute Gasteiger partial charge is 0.481 e. The van der Waals surface area contributed by atoms with Crippen molar-refractivity contribution in [2.75, 3.05) is 6.61 Å². The molecule has 0 radical (unpaired) electrons. The molecule has 0 aliphatic rings. The molecular formula is C23H22FN5O3. The van der Waals surface area contributed by atoms with Gasteiger partial charge in [0.25, 0.3) is 11.5 Å². The number of fused-ring (bicyclic) bond motifs is 1. The average Bonchev–Trinajstić information content (AvgIpc) is 3.22. The van der Waals surface area contributed by atoms with E-state index in [1.165, 1.54) is 28.8 Å². The number of H-pyrrole nitrogens is 1. The second-order valence-electron chi connectivity index (χ2n) is 7.63. The molecule has 0 bridgehead atoms. The second kappa shape index (κ2) is 9.01. The van der Waals surface area contributed by atoms with Gasteiger partial charge in [0.05, 0.1) is 17.4 Å². The lowest BCUT2D eigenvalue weighted by Gasteiger charge is -2.22. The highest BCUT2D eigenvalue weighted by atomic mass is 19.1. The molecule has 164 valence electrons. The summed E-state index contributed by atoms with van der Waals surface area (Å²) in [5, 5.41) is 5.85. The Hall–Kier alpha value is -4.01. The van der Waals surface area contributed by atoms with Gasteiger partial charge >= 0.3 is 0 Å². The molecule has 32 heavy (non-hydrogen) atoms. The van der Waals surface area contributed by atoms with Crippen LogP contribution in [0.3, 0.4) is 0 Å². The van der Waals surface area contributed by atoms with E-state index in [4.69, 9.17) is 4.74 Å². The molecule has 2 N–H and O–H groups in total. The second-order valence-corrected chi connectivity index (χ2v) is 7.63. The number of aromatic amines is 1. The van der Waals surface area contributed by atoms with E-state index < -0.39 is 17.8 Å². The first kappa shape index (κ1) is 21.2. The van der Waals surface area contributed by atoms with Crippen LogP contribution in [-0.4, -0.2) is 32.1 Å². The third-order valence-electron chi connectivity index (χ3n) is 4.94. The van der Waals surface area contributed by atoms with Gasteiger partial charge in [0.15, 0.2) is 23.8 Å². The summed E-state index contributed by atoms with van der Waals surface area (Å²) in [7, 11) is 0. The predicted molar refractivity (Wildman–Crippen MR) is 117 cm³/mol. The molecule has 1 atom stereocenters. The van der Waals surface area contributed by atoms with Gasteiger partial charge in [-0.05, 0) is 30.2 Å². The molecule has 1 aromatic carbocycles. The Morgan fingerprint density at radius 2 is 2.03 bits per heavy atom. The number of amides is 1. The Labute approximate surface area is 183 Å². The van der Waals surface area contributed by atoms with Gasteiger partial charge in [-0.3, -0.25) is 19.7 Å².